The molecule has 1 atom stereocenters. The molecule has 0 fully saturated rings. The number of hydrogen-bond donors (Lipinski definition) is 2. The molecule has 0 amide bonds. The van der Waals surface area contributed by atoms with Crippen molar-refractivity contribution in [1.29, 1.82) is 0 Å². The number of aromatic hydroxyl groups is 1. The third-order valence-electron chi connectivity index (χ3n) is 2.97. The minimum Gasteiger partial charge on any atom is -0.506 e. The zero-order valence-electron chi connectivity index (χ0n) is 10.1. The second-order valence-corrected chi connectivity index (χ2v) is 5.09. The fraction of sp³-hybridized carbons (Fsp3) is 0.133. The molecule has 2 aromatic carbocycles. The fourth-order valence-electron chi connectivity index (χ4n) is 2.08. The maximum absolute atomic E-state index is 11.1. The number of carboxylic acids is 1. The summed E-state index contributed by atoms with van der Waals surface area (Å²) >= 11 is 3.26. The number of aliphatic carboxylic acids is 1. The SMILES string of the molecule is O=C(O)C[C@@H](c1ccccc1)c1cccc(Br)c1O. The van der Waals surface area contributed by atoms with E-state index in [-0.39, 0.29) is 18.1 Å². The molecule has 2 rings (SSSR count). The van der Waals surface area contributed by atoms with Crippen molar-refractivity contribution < 1.29 is 15.0 Å². The van der Waals surface area contributed by atoms with Gasteiger partial charge in [0.05, 0.1) is 10.9 Å². The normalized spacial score (nSPS) is 12.1. The maximum atomic E-state index is 11.1. The van der Waals surface area contributed by atoms with Gasteiger partial charge in [-0.2, -0.15) is 0 Å². The number of para-hydroxylation sites is 1. The van der Waals surface area contributed by atoms with Crippen molar-refractivity contribution in [2.24, 2.45) is 0 Å². The van der Waals surface area contributed by atoms with Gasteiger partial charge < -0.3 is 10.2 Å². The highest BCUT2D eigenvalue weighted by Crippen LogP contribution is 2.37. The molecule has 2 N–H and O–H groups in total. The van der Waals surface area contributed by atoms with Crippen molar-refractivity contribution in [2.75, 3.05) is 0 Å². The molecule has 3 nitrogen and oxygen atoms in total. The largest absolute Gasteiger partial charge is 0.506 e. The van der Waals surface area contributed by atoms with E-state index in [1.807, 2.05) is 30.3 Å². The van der Waals surface area contributed by atoms with Crippen LogP contribution in [0.4, 0.5) is 0 Å². The van der Waals surface area contributed by atoms with Crippen molar-refractivity contribution >= 4 is 21.9 Å². The van der Waals surface area contributed by atoms with Crippen molar-refractivity contribution in [3.05, 3.63) is 64.1 Å². The molecule has 0 saturated heterocycles. The lowest BCUT2D eigenvalue weighted by Crippen LogP contribution is -2.08. The number of carbonyl (C=O) groups is 1. The third kappa shape index (κ3) is 3.15. The first-order chi connectivity index (χ1) is 9.09. The highest BCUT2D eigenvalue weighted by Gasteiger charge is 2.21. The Balaban J connectivity index is 2.49. The van der Waals surface area contributed by atoms with E-state index in [1.165, 1.54) is 0 Å². The summed E-state index contributed by atoms with van der Waals surface area (Å²) in [6, 6.07) is 14.6. The van der Waals surface area contributed by atoms with Crippen molar-refractivity contribution in [3.63, 3.8) is 0 Å². The highest BCUT2D eigenvalue weighted by atomic mass is 79.9. The molecule has 0 unspecified atom stereocenters. The minimum atomic E-state index is -0.895. The predicted molar refractivity (Wildman–Crippen MR) is 76.3 cm³/mol. The Morgan fingerprint density at radius 3 is 2.42 bits per heavy atom. The van der Waals surface area contributed by atoms with Crippen LogP contribution in [0.15, 0.2) is 53.0 Å². The molecule has 0 aliphatic carbocycles. The number of carboxylic acid groups (broad SMARTS) is 1. The third-order valence-corrected chi connectivity index (χ3v) is 3.61. The number of benzene rings is 2. The smallest absolute Gasteiger partial charge is 0.304 e. The Labute approximate surface area is 119 Å². The average molecular weight is 321 g/mol. The Kier molecular flexibility index (Phi) is 4.22. The van der Waals surface area contributed by atoms with E-state index in [1.54, 1.807) is 18.2 Å². The quantitative estimate of drug-likeness (QED) is 0.901. The summed E-state index contributed by atoms with van der Waals surface area (Å²) in [7, 11) is 0. The van der Waals surface area contributed by atoms with Crippen molar-refractivity contribution in [1.82, 2.24) is 0 Å². The minimum absolute atomic E-state index is 0.0615. The molecule has 0 aliphatic heterocycles. The Hall–Kier alpha value is -1.81. The summed E-state index contributed by atoms with van der Waals surface area (Å²) in [5, 5.41) is 19.2. The van der Waals surface area contributed by atoms with Crippen LogP contribution < -0.4 is 0 Å². The second kappa shape index (κ2) is 5.89. The van der Waals surface area contributed by atoms with Gasteiger partial charge in [0.15, 0.2) is 0 Å². The van der Waals surface area contributed by atoms with E-state index < -0.39 is 5.97 Å². The highest BCUT2D eigenvalue weighted by molar-refractivity contribution is 9.10. The molecule has 2 aromatic rings. The van der Waals surface area contributed by atoms with Gasteiger partial charge in [-0.15, -0.1) is 0 Å². The summed E-state index contributed by atoms with van der Waals surface area (Å²) in [4.78, 5) is 11.1. The van der Waals surface area contributed by atoms with Crippen LogP contribution in [-0.4, -0.2) is 16.2 Å². The molecule has 0 heterocycles. The molecule has 0 saturated carbocycles. The van der Waals surface area contributed by atoms with Gasteiger partial charge in [-0.05, 0) is 27.6 Å². The average Bonchev–Trinajstić information content (AvgIpc) is 2.40. The molecular formula is C15H13BrO3. The number of phenolic OH excluding ortho intramolecular Hbond substituents is 1. The first-order valence-corrected chi connectivity index (χ1v) is 6.63. The molecule has 4 heteroatoms. The van der Waals surface area contributed by atoms with Crippen LogP contribution in [0.5, 0.6) is 5.75 Å². The molecule has 98 valence electrons. The number of hydrogen-bond acceptors (Lipinski definition) is 2. The zero-order valence-corrected chi connectivity index (χ0v) is 11.7. The van der Waals surface area contributed by atoms with E-state index in [0.29, 0.717) is 10.0 Å². The molecule has 0 radical (unpaired) electrons. The summed E-state index contributed by atoms with van der Waals surface area (Å²) in [6.07, 6.45) is -0.0615. The summed E-state index contributed by atoms with van der Waals surface area (Å²) in [6.45, 7) is 0. The molecule has 0 aromatic heterocycles. The molecule has 0 bridgehead atoms. The standard InChI is InChI=1S/C15H13BrO3/c16-13-8-4-7-11(15(13)19)12(9-14(17)18)10-5-2-1-3-6-10/h1-8,12,19H,9H2,(H,17,18)/t12-/m0/s1. The molecule has 0 aliphatic rings. The fourth-order valence-corrected chi connectivity index (χ4v) is 2.46. The summed E-state index contributed by atoms with van der Waals surface area (Å²) in [5.74, 6) is -1.16. The number of halogens is 1. The van der Waals surface area contributed by atoms with Crippen LogP contribution in [0, 0.1) is 0 Å². The van der Waals surface area contributed by atoms with Crippen LogP contribution >= 0.6 is 15.9 Å². The van der Waals surface area contributed by atoms with Gasteiger partial charge in [0, 0.05) is 11.5 Å². The molecule has 19 heavy (non-hydrogen) atoms. The van der Waals surface area contributed by atoms with Gasteiger partial charge in [0.25, 0.3) is 0 Å². The molecule has 0 spiro atoms. The van der Waals surface area contributed by atoms with Crippen LogP contribution in [-0.2, 0) is 4.79 Å². The monoisotopic (exact) mass is 320 g/mol. The van der Waals surface area contributed by atoms with E-state index >= 15 is 0 Å². The lowest BCUT2D eigenvalue weighted by molar-refractivity contribution is -0.137. The Morgan fingerprint density at radius 2 is 1.79 bits per heavy atom. The second-order valence-electron chi connectivity index (χ2n) is 4.24. The van der Waals surface area contributed by atoms with Crippen LogP contribution in [0.1, 0.15) is 23.5 Å². The lowest BCUT2D eigenvalue weighted by Gasteiger charge is -2.17. The van der Waals surface area contributed by atoms with Gasteiger partial charge in [-0.3, -0.25) is 4.79 Å². The van der Waals surface area contributed by atoms with E-state index in [4.69, 9.17) is 5.11 Å². The van der Waals surface area contributed by atoms with Gasteiger partial charge in [-0.25, -0.2) is 0 Å². The lowest BCUT2D eigenvalue weighted by atomic mass is 9.88. The number of rotatable bonds is 4. The van der Waals surface area contributed by atoms with Gasteiger partial charge in [0.2, 0.25) is 0 Å². The van der Waals surface area contributed by atoms with Crippen molar-refractivity contribution in [2.45, 2.75) is 12.3 Å². The first kappa shape index (κ1) is 13.6. The van der Waals surface area contributed by atoms with E-state index in [9.17, 15) is 9.90 Å². The van der Waals surface area contributed by atoms with Crippen LogP contribution in [0.2, 0.25) is 0 Å². The van der Waals surface area contributed by atoms with E-state index in [2.05, 4.69) is 15.9 Å². The van der Waals surface area contributed by atoms with Crippen LogP contribution in [0.3, 0.4) is 0 Å². The van der Waals surface area contributed by atoms with Crippen LogP contribution in [0.25, 0.3) is 0 Å². The summed E-state index contributed by atoms with van der Waals surface area (Å²) in [5.41, 5.74) is 1.49. The van der Waals surface area contributed by atoms with Crippen molar-refractivity contribution in [3.8, 4) is 5.75 Å². The topological polar surface area (TPSA) is 57.5 Å². The first-order valence-electron chi connectivity index (χ1n) is 5.83. The van der Waals surface area contributed by atoms with Gasteiger partial charge >= 0.3 is 5.97 Å². The summed E-state index contributed by atoms with van der Waals surface area (Å²) < 4.78 is 0.566. The van der Waals surface area contributed by atoms with Gasteiger partial charge in [0.1, 0.15) is 5.75 Å². The Morgan fingerprint density at radius 1 is 1.11 bits per heavy atom. The predicted octanol–water partition coefficient (Wildman–Crippen LogP) is 3.76. The number of phenols is 1. The molecular weight excluding hydrogens is 308 g/mol. The van der Waals surface area contributed by atoms with E-state index in [0.717, 1.165) is 5.56 Å². The zero-order chi connectivity index (χ0) is 13.8. The Bertz CT molecular complexity index is 581. The maximum Gasteiger partial charge on any atom is 0.304 e. The van der Waals surface area contributed by atoms with Gasteiger partial charge in [-0.1, -0.05) is 42.5 Å².